The topological polar surface area (TPSA) is 116 Å². The molecule has 0 unspecified atom stereocenters. The van der Waals surface area contributed by atoms with Crippen molar-refractivity contribution in [1.82, 2.24) is 14.9 Å². The van der Waals surface area contributed by atoms with E-state index in [0.717, 1.165) is 56.3 Å². The number of H-pyrrole nitrogens is 1. The minimum Gasteiger partial charge on any atom is -0.342 e. The number of Topliss-reactive ketones (excluding diaryl/α,β-unsaturated/α-hetero) is 1. The Labute approximate surface area is 188 Å². The van der Waals surface area contributed by atoms with Gasteiger partial charge in [-0.15, -0.1) is 0 Å². The SMILES string of the molecule is N#Cc1cnc(C(=O)Cc2ccc(C3CCN(C(=O)CN)CC3)cc2C2=CCCCC2)[nH]1. The molecular formula is C25H29N5O2. The Hall–Kier alpha value is -3.24. The first-order chi connectivity index (χ1) is 15.6. The lowest BCUT2D eigenvalue weighted by molar-refractivity contribution is -0.130. The molecule has 2 aliphatic rings. The normalized spacial score (nSPS) is 17.0. The average molecular weight is 432 g/mol. The molecule has 7 heteroatoms. The minimum atomic E-state index is -0.120. The van der Waals surface area contributed by atoms with E-state index in [1.807, 2.05) is 11.0 Å². The van der Waals surface area contributed by atoms with Crippen molar-refractivity contribution in [3.8, 4) is 6.07 Å². The van der Waals surface area contributed by atoms with Crippen LogP contribution < -0.4 is 5.73 Å². The number of carbonyl (C=O) groups is 2. The Balaban J connectivity index is 1.57. The van der Waals surface area contributed by atoms with Crippen LogP contribution in [-0.2, 0) is 11.2 Å². The molecule has 1 fully saturated rings. The van der Waals surface area contributed by atoms with E-state index in [0.29, 0.717) is 11.6 Å². The van der Waals surface area contributed by atoms with Crippen molar-refractivity contribution in [2.45, 2.75) is 50.9 Å². The first-order valence-corrected chi connectivity index (χ1v) is 11.4. The van der Waals surface area contributed by atoms with Gasteiger partial charge in [0.2, 0.25) is 11.7 Å². The van der Waals surface area contributed by atoms with Crippen molar-refractivity contribution in [2.75, 3.05) is 19.6 Å². The standard InChI is InChI=1S/C25H29N5O2/c26-14-21-16-28-25(29-21)23(31)13-20-7-6-19(12-22(20)18-4-2-1-3-5-18)17-8-10-30(11-9-17)24(32)15-27/h4,6-7,12,16-17H,1-3,5,8-11,13,15,27H2,(H,28,29). The van der Waals surface area contributed by atoms with Crippen LogP contribution in [0.25, 0.3) is 5.57 Å². The molecule has 1 saturated heterocycles. The second kappa shape index (κ2) is 9.92. The third-order valence-electron chi connectivity index (χ3n) is 6.58. The molecule has 0 saturated carbocycles. The largest absolute Gasteiger partial charge is 0.342 e. The molecular weight excluding hydrogens is 402 g/mol. The summed E-state index contributed by atoms with van der Waals surface area (Å²) in [6.45, 7) is 1.54. The van der Waals surface area contributed by atoms with Gasteiger partial charge in [0, 0.05) is 19.5 Å². The van der Waals surface area contributed by atoms with Gasteiger partial charge < -0.3 is 15.6 Å². The van der Waals surface area contributed by atoms with E-state index < -0.39 is 0 Å². The summed E-state index contributed by atoms with van der Waals surface area (Å²) in [5.74, 6) is 0.521. The van der Waals surface area contributed by atoms with Gasteiger partial charge in [-0.25, -0.2) is 4.98 Å². The molecule has 1 aromatic carbocycles. The van der Waals surface area contributed by atoms with Crippen LogP contribution in [0, 0.1) is 11.3 Å². The fourth-order valence-corrected chi connectivity index (χ4v) is 4.75. The molecule has 0 atom stereocenters. The van der Waals surface area contributed by atoms with Crippen molar-refractivity contribution < 1.29 is 9.59 Å². The van der Waals surface area contributed by atoms with E-state index in [1.165, 1.54) is 23.8 Å². The average Bonchev–Trinajstić information content (AvgIpc) is 3.34. The number of amides is 1. The lowest BCUT2D eigenvalue weighted by atomic mass is 9.83. The number of ketones is 1. The maximum atomic E-state index is 12.8. The number of nitrogens with one attached hydrogen (secondary N) is 1. The number of nitriles is 1. The number of carbonyl (C=O) groups excluding carboxylic acids is 2. The number of hydrogen-bond donors (Lipinski definition) is 2. The van der Waals surface area contributed by atoms with Crippen molar-refractivity contribution >= 4 is 17.3 Å². The zero-order chi connectivity index (χ0) is 22.5. The number of benzene rings is 1. The first-order valence-electron chi connectivity index (χ1n) is 11.4. The summed E-state index contributed by atoms with van der Waals surface area (Å²) >= 11 is 0. The lowest BCUT2D eigenvalue weighted by Crippen LogP contribution is -2.41. The molecule has 4 rings (SSSR count). The van der Waals surface area contributed by atoms with Gasteiger partial charge in [-0.1, -0.05) is 24.3 Å². The van der Waals surface area contributed by atoms with Crippen LogP contribution in [0.4, 0.5) is 0 Å². The van der Waals surface area contributed by atoms with Crippen molar-refractivity contribution in [3.05, 3.63) is 58.7 Å². The summed E-state index contributed by atoms with van der Waals surface area (Å²) < 4.78 is 0. The smallest absolute Gasteiger partial charge is 0.236 e. The third-order valence-corrected chi connectivity index (χ3v) is 6.58. The molecule has 1 aliphatic heterocycles. The predicted octanol–water partition coefficient (Wildman–Crippen LogP) is 3.33. The predicted molar refractivity (Wildman–Crippen MR) is 122 cm³/mol. The highest BCUT2D eigenvalue weighted by Gasteiger charge is 2.24. The van der Waals surface area contributed by atoms with E-state index in [1.54, 1.807) is 0 Å². The molecule has 1 aliphatic carbocycles. The van der Waals surface area contributed by atoms with Crippen molar-refractivity contribution in [3.63, 3.8) is 0 Å². The molecule has 1 aromatic heterocycles. The highest BCUT2D eigenvalue weighted by Crippen LogP contribution is 2.35. The molecule has 0 radical (unpaired) electrons. The Kier molecular flexibility index (Phi) is 6.81. The van der Waals surface area contributed by atoms with Gasteiger partial charge in [-0.3, -0.25) is 9.59 Å². The van der Waals surface area contributed by atoms with Gasteiger partial charge >= 0.3 is 0 Å². The molecule has 2 aromatic rings. The fourth-order valence-electron chi connectivity index (χ4n) is 4.75. The third kappa shape index (κ3) is 4.81. The highest BCUT2D eigenvalue weighted by atomic mass is 16.2. The summed E-state index contributed by atoms with van der Waals surface area (Å²) in [5.41, 5.74) is 10.5. The summed E-state index contributed by atoms with van der Waals surface area (Å²) in [6.07, 6.45) is 10.2. The van der Waals surface area contributed by atoms with Crippen LogP contribution in [0.1, 0.15) is 77.4 Å². The van der Waals surface area contributed by atoms with Crippen LogP contribution >= 0.6 is 0 Å². The van der Waals surface area contributed by atoms with Gasteiger partial charge in [-0.2, -0.15) is 5.26 Å². The van der Waals surface area contributed by atoms with Crippen LogP contribution in [0.5, 0.6) is 0 Å². The molecule has 166 valence electrons. The number of imidazole rings is 1. The van der Waals surface area contributed by atoms with E-state index in [2.05, 4.69) is 34.2 Å². The molecule has 0 spiro atoms. The number of aromatic nitrogens is 2. The van der Waals surface area contributed by atoms with E-state index >= 15 is 0 Å². The molecule has 1 amide bonds. The van der Waals surface area contributed by atoms with E-state index in [4.69, 9.17) is 11.0 Å². The zero-order valence-corrected chi connectivity index (χ0v) is 18.3. The minimum absolute atomic E-state index is 0.0165. The van der Waals surface area contributed by atoms with Gasteiger partial charge in [-0.05, 0) is 66.7 Å². The van der Waals surface area contributed by atoms with Crippen LogP contribution in [0.3, 0.4) is 0 Å². The van der Waals surface area contributed by atoms with Crippen molar-refractivity contribution in [2.24, 2.45) is 5.73 Å². The van der Waals surface area contributed by atoms with Crippen molar-refractivity contribution in [1.29, 1.82) is 5.26 Å². The Morgan fingerprint density at radius 1 is 1.25 bits per heavy atom. The number of aromatic amines is 1. The summed E-state index contributed by atoms with van der Waals surface area (Å²) in [5, 5.41) is 8.98. The van der Waals surface area contributed by atoms with Gasteiger partial charge in [0.1, 0.15) is 11.8 Å². The maximum Gasteiger partial charge on any atom is 0.236 e. The molecule has 2 heterocycles. The Morgan fingerprint density at radius 3 is 2.72 bits per heavy atom. The number of piperidine rings is 1. The number of rotatable bonds is 6. The van der Waals surface area contributed by atoms with E-state index in [9.17, 15) is 9.59 Å². The monoisotopic (exact) mass is 431 g/mol. The Morgan fingerprint density at radius 2 is 2.06 bits per heavy atom. The number of allylic oxidation sites excluding steroid dienone is 2. The summed E-state index contributed by atoms with van der Waals surface area (Å²) in [7, 11) is 0. The van der Waals surface area contributed by atoms with E-state index in [-0.39, 0.29) is 30.5 Å². The molecule has 0 bridgehead atoms. The zero-order valence-electron chi connectivity index (χ0n) is 18.3. The van der Waals surface area contributed by atoms with Crippen LogP contribution in [0.2, 0.25) is 0 Å². The number of hydrogen-bond acceptors (Lipinski definition) is 5. The van der Waals surface area contributed by atoms with Gasteiger partial charge in [0.15, 0.2) is 5.82 Å². The van der Waals surface area contributed by atoms with Gasteiger partial charge in [0.25, 0.3) is 0 Å². The summed E-state index contributed by atoms with van der Waals surface area (Å²) in [6, 6.07) is 8.43. The number of likely N-dealkylation sites (tertiary alicyclic amines) is 1. The second-order valence-electron chi connectivity index (χ2n) is 8.61. The summed E-state index contributed by atoms with van der Waals surface area (Å²) in [4.78, 5) is 33.4. The van der Waals surface area contributed by atoms with Crippen LogP contribution in [-0.4, -0.2) is 46.2 Å². The van der Waals surface area contributed by atoms with Gasteiger partial charge in [0.05, 0.1) is 12.7 Å². The quantitative estimate of drug-likeness (QED) is 0.681. The molecule has 7 nitrogen and oxygen atoms in total. The first kappa shape index (κ1) is 22.0. The second-order valence-corrected chi connectivity index (χ2v) is 8.61. The number of nitrogens with two attached hydrogens (primary N) is 1. The van der Waals surface area contributed by atoms with Crippen LogP contribution in [0.15, 0.2) is 30.5 Å². The maximum absolute atomic E-state index is 12.8. The number of nitrogens with zero attached hydrogens (tertiary/aromatic N) is 3. The Bertz CT molecular complexity index is 1070. The fraction of sp³-hybridized carbons (Fsp3) is 0.440. The highest BCUT2D eigenvalue weighted by molar-refractivity contribution is 5.95. The molecule has 32 heavy (non-hydrogen) atoms. The lowest BCUT2D eigenvalue weighted by Gasteiger charge is -2.32. The molecule has 3 N–H and O–H groups in total.